The van der Waals surface area contributed by atoms with Crippen molar-refractivity contribution in [3.63, 3.8) is 0 Å². The Kier molecular flexibility index (Phi) is 4.16. The van der Waals surface area contributed by atoms with Crippen molar-refractivity contribution in [2.75, 3.05) is 17.9 Å². The third kappa shape index (κ3) is 3.28. The molecule has 19 heavy (non-hydrogen) atoms. The molecule has 0 N–H and O–H groups in total. The van der Waals surface area contributed by atoms with Crippen LogP contribution in [-0.2, 0) is 16.3 Å². The van der Waals surface area contributed by atoms with E-state index in [1.807, 2.05) is 35.8 Å². The van der Waals surface area contributed by atoms with Crippen LogP contribution in [0.5, 0.6) is 0 Å². The zero-order valence-corrected chi connectivity index (χ0v) is 12.6. The molecule has 0 spiro atoms. The van der Waals surface area contributed by atoms with Gasteiger partial charge in [0.15, 0.2) is 0 Å². The van der Waals surface area contributed by atoms with Crippen LogP contribution in [0.15, 0.2) is 24.3 Å². The highest BCUT2D eigenvalue weighted by atomic mass is 35.5. The van der Waals surface area contributed by atoms with Crippen LogP contribution >= 0.6 is 11.6 Å². The van der Waals surface area contributed by atoms with Crippen molar-refractivity contribution in [1.82, 2.24) is 9.55 Å². The van der Waals surface area contributed by atoms with Crippen LogP contribution in [0.1, 0.15) is 18.8 Å². The van der Waals surface area contributed by atoms with Crippen molar-refractivity contribution in [1.29, 1.82) is 0 Å². The SMILES string of the molecule is CC(CS(C)(=O)=O)n1c(CCCl)nc2ccccc21. The van der Waals surface area contributed by atoms with Gasteiger partial charge in [0.2, 0.25) is 0 Å². The molecule has 104 valence electrons. The van der Waals surface area contributed by atoms with Gasteiger partial charge in [-0.15, -0.1) is 11.6 Å². The first kappa shape index (κ1) is 14.3. The van der Waals surface area contributed by atoms with E-state index >= 15 is 0 Å². The monoisotopic (exact) mass is 300 g/mol. The Labute approximate surface area is 118 Å². The molecule has 1 heterocycles. The van der Waals surface area contributed by atoms with Gasteiger partial charge < -0.3 is 4.57 Å². The van der Waals surface area contributed by atoms with Crippen molar-refractivity contribution in [2.45, 2.75) is 19.4 Å². The van der Waals surface area contributed by atoms with Crippen LogP contribution in [0.2, 0.25) is 0 Å². The molecule has 0 amide bonds. The van der Waals surface area contributed by atoms with E-state index in [0.717, 1.165) is 16.9 Å². The van der Waals surface area contributed by atoms with Gasteiger partial charge in [-0.1, -0.05) is 12.1 Å². The van der Waals surface area contributed by atoms with Crippen LogP contribution in [0.3, 0.4) is 0 Å². The first-order valence-electron chi connectivity index (χ1n) is 6.12. The number of rotatable bonds is 5. The van der Waals surface area contributed by atoms with E-state index in [-0.39, 0.29) is 11.8 Å². The number of hydrogen-bond donors (Lipinski definition) is 0. The predicted octanol–water partition coefficient (Wildman–Crippen LogP) is 2.42. The van der Waals surface area contributed by atoms with E-state index < -0.39 is 9.84 Å². The quantitative estimate of drug-likeness (QED) is 0.797. The number of halogens is 1. The van der Waals surface area contributed by atoms with Crippen LogP contribution in [0, 0.1) is 0 Å². The molecule has 0 fully saturated rings. The largest absolute Gasteiger partial charge is 0.324 e. The number of alkyl halides is 1. The normalized spacial score (nSPS) is 13.8. The number of imidazole rings is 1. The highest BCUT2D eigenvalue weighted by Gasteiger charge is 2.18. The van der Waals surface area contributed by atoms with Gasteiger partial charge >= 0.3 is 0 Å². The summed E-state index contributed by atoms with van der Waals surface area (Å²) in [5.74, 6) is 1.41. The Bertz CT molecular complexity index is 679. The van der Waals surface area contributed by atoms with Gasteiger partial charge in [-0.25, -0.2) is 13.4 Å². The van der Waals surface area contributed by atoms with Crippen LogP contribution in [0.4, 0.5) is 0 Å². The molecule has 2 rings (SSSR count). The van der Waals surface area contributed by atoms with E-state index in [0.29, 0.717) is 12.3 Å². The molecule has 0 aliphatic heterocycles. The second-order valence-electron chi connectivity index (χ2n) is 4.77. The van der Waals surface area contributed by atoms with Crippen molar-refractivity contribution in [3.8, 4) is 0 Å². The Balaban J connectivity index is 2.52. The fourth-order valence-corrected chi connectivity index (χ4v) is 3.55. The molecule has 2 aromatic rings. The number of aromatic nitrogens is 2. The smallest absolute Gasteiger partial charge is 0.149 e. The van der Waals surface area contributed by atoms with Gasteiger partial charge in [0.05, 0.1) is 16.8 Å². The number of hydrogen-bond acceptors (Lipinski definition) is 3. The molecule has 0 aliphatic carbocycles. The molecular formula is C13H17ClN2O2S. The first-order chi connectivity index (χ1) is 8.92. The van der Waals surface area contributed by atoms with Gasteiger partial charge in [-0.3, -0.25) is 0 Å². The summed E-state index contributed by atoms with van der Waals surface area (Å²) in [6.45, 7) is 1.90. The van der Waals surface area contributed by atoms with E-state index in [1.54, 1.807) is 0 Å². The van der Waals surface area contributed by atoms with E-state index in [9.17, 15) is 8.42 Å². The third-order valence-electron chi connectivity index (χ3n) is 2.97. The minimum atomic E-state index is -3.03. The molecule has 0 bridgehead atoms. The summed E-state index contributed by atoms with van der Waals surface area (Å²) in [5.41, 5.74) is 1.83. The zero-order valence-electron chi connectivity index (χ0n) is 11.0. The second-order valence-corrected chi connectivity index (χ2v) is 7.33. The number of fused-ring (bicyclic) bond motifs is 1. The summed E-state index contributed by atoms with van der Waals surface area (Å²) in [6, 6.07) is 7.58. The molecule has 0 radical (unpaired) electrons. The zero-order chi connectivity index (χ0) is 14.0. The van der Waals surface area contributed by atoms with E-state index in [1.165, 1.54) is 6.26 Å². The lowest BCUT2D eigenvalue weighted by Gasteiger charge is -2.16. The van der Waals surface area contributed by atoms with Crippen LogP contribution in [0.25, 0.3) is 11.0 Å². The van der Waals surface area contributed by atoms with Crippen LogP contribution in [-0.4, -0.2) is 35.9 Å². The summed E-state index contributed by atoms with van der Waals surface area (Å²) in [6.07, 6.45) is 1.88. The Morgan fingerprint density at radius 1 is 1.37 bits per heavy atom. The third-order valence-corrected chi connectivity index (χ3v) is 4.25. The molecule has 1 aromatic carbocycles. The summed E-state index contributed by atoms with van der Waals surface area (Å²) >= 11 is 5.80. The van der Waals surface area contributed by atoms with Gasteiger partial charge in [0, 0.05) is 24.6 Å². The van der Waals surface area contributed by atoms with Gasteiger partial charge in [-0.2, -0.15) is 0 Å². The summed E-state index contributed by atoms with van der Waals surface area (Å²) < 4.78 is 24.9. The van der Waals surface area contributed by atoms with Crippen LogP contribution < -0.4 is 0 Å². The lowest BCUT2D eigenvalue weighted by molar-refractivity contribution is 0.557. The minimum Gasteiger partial charge on any atom is -0.324 e. The second kappa shape index (κ2) is 5.51. The molecule has 4 nitrogen and oxygen atoms in total. The van der Waals surface area contributed by atoms with Crippen molar-refractivity contribution >= 4 is 32.5 Å². The number of aryl methyl sites for hydroxylation is 1. The molecule has 0 saturated carbocycles. The lowest BCUT2D eigenvalue weighted by atomic mass is 10.3. The maximum absolute atomic E-state index is 11.5. The average molecular weight is 301 g/mol. The Morgan fingerprint density at radius 3 is 2.68 bits per heavy atom. The molecule has 1 atom stereocenters. The number of nitrogens with zero attached hydrogens (tertiary/aromatic N) is 2. The van der Waals surface area contributed by atoms with E-state index in [2.05, 4.69) is 4.98 Å². The van der Waals surface area contributed by atoms with Gasteiger partial charge in [0.25, 0.3) is 0 Å². The average Bonchev–Trinajstić information content (AvgIpc) is 2.65. The molecule has 0 aliphatic rings. The summed E-state index contributed by atoms with van der Waals surface area (Å²) in [7, 11) is -3.03. The first-order valence-corrected chi connectivity index (χ1v) is 8.71. The Hall–Kier alpha value is -1.07. The van der Waals surface area contributed by atoms with Crippen molar-refractivity contribution in [2.24, 2.45) is 0 Å². The fourth-order valence-electron chi connectivity index (χ4n) is 2.36. The molecule has 6 heteroatoms. The maximum Gasteiger partial charge on any atom is 0.149 e. The highest BCUT2D eigenvalue weighted by Crippen LogP contribution is 2.22. The van der Waals surface area contributed by atoms with Crippen molar-refractivity contribution in [3.05, 3.63) is 30.1 Å². The summed E-state index contributed by atoms with van der Waals surface area (Å²) in [5, 5.41) is 0. The maximum atomic E-state index is 11.5. The number of sulfone groups is 1. The highest BCUT2D eigenvalue weighted by molar-refractivity contribution is 7.90. The molecular weight excluding hydrogens is 284 g/mol. The minimum absolute atomic E-state index is 0.0998. The fraction of sp³-hybridized carbons (Fsp3) is 0.462. The number of para-hydroxylation sites is 2. The Morgan fingerprint density at radius 2 is 2.05 bits per heavy atom. The standard InChI is InChI=1S/C13H17ClN2O2S/c1-10(9-19(2,17)18)16-12-6-4-3-5-11(12)15-13(16)7-8-14/h3-6,10H,7-9H2,1-2H3. The van der Waals surface area contributed by atoms with Gasteiger partial charge in [0.1, 0.15) is 15.7 Å². The predicted molar refractivity (Wildman–Crippen MR) is 78.6 cm³/mol. The lowest BCUT2D eigenvalue weighted by Crippen LogP contribution is -2.18. The van der Waals surface area contributed by atoms with Crippen molar-refractivity contribution < 1.29 is 8.42 Å². The van der Waals surface area contributed by atoms with E-state index in [4.69, 9.17) is 11.6 Å². The topological polar surface area (TPSA) is 52.0 Å². The van der Waals surface area contributed by atoms with Gasteiger partial charge in [-0.05, 0) is 19.1 Å². The molecule has 1 unspecified atom stereocenters. The molecule has 0 saturated heterocycles. The summed E-state index contributed by atoms with van der Waals surface area (Å²) in [4.78, 5) is 4.54. The number of benzene rings is 1. The molecule has 1 aromatic heterocycles.